The molecular weight excluding hydrogens is 608 g/mol. The molecule has 0 rings (SSSR count). The van der Waals surface area contributed by atoms with Gasteiger partial charge in [-0.1, -0.05) is 214 Å². The van der Waals surface area contributed by atoms with Crippen molar-refractivity contribution in [2.24, 2.45) is 10.8 Å². The molecule has 0 heterocycles. The van der Waals surface area contributed by atoms with E-state index in [9.17, 15) is 9.90 Å². The lowest BCUT2D eigenvalue weighted by Crippen LogP contribution is -2.48. The van der Waals surface area contributed by atoms with E-state index in [1.54, 1.807) is 0 Å². The van der Waals surface area contributed by atoms with E-state index in [0.29, 0.717) is 0 Å². The molecule has 296 valence electrons. The van der Waals surface area contributed by atoms with Crippen LogP contribution in [0.1, 0.15) is 247 Å². The van der Waals surface area contributed by atoms with Crippen molar-refractivity contribution < 1.29 is 25.2 Å². The number of hydrogen-bond donors (Lipinski definition) is 4. The van der Waals surface area contributed by atoms with Crippen LogP contribution < -0.4 is 0 Å². The summed E-state index contributed by atoms with van der Waals surface area (Å²) < 4.78 is 0. The van der Waals surface area contributed by atoms with Gasteiger partial charge in [0.05, 0.1) is 18.6 Å². The highest BCUT2D eigenvalue weighted by molar-refractivity contribution is 5.75. The van der Waals surface area contributed by atoms with Gasteiger partial charge in [0.1, 0.15) is 6.10 Å². The fourth-order valence-electron chi connectivity index (χ4n) is 8.22. The monoisotopic (exact) mass is 699 g/mol. The van der Waals surface area contributed by atoms with Crippen molar-refractivity contribution in [3.05, 3.63) is 0 Å². The number of aliphatic hydroxyl groups is 3. The molecule has 0 aliphatic heterocycles. The second-order valence-corrected chi connectivity index (χ2v) is 15.5. The highest BCUT2D eigenvalue weighted by Gasteiger charge is 2.53. The van der Waals surface area contributed by atoms with Crippen LogP contribution in [-0.2, 0) is 4.79 Å². The molecule has 5 heteroatoms. The first kappa shape index (κ1) is 50.5. The van der Waals surface area contributed by atoms with Gasteiger partial charge in [0, 0.05) is 0 Å². The third-order valence-electron chi connectivity index (χ3n) is 11.4. The van der Waals surface area contributed by atoms with Crippen molar-refractivity contribution >= 4 is 5.97 Å². The zero-order chi connectivity index (χ0) is 36.9. The highest BCUT2D eigenvalue weighted by atomic mass is 16.4. The Morgan fingerprint density at radius 1 is 0.429 bits per heavy atom. The normalized spacial score (nSPS) is 13.0. The average molecular weight is 699 g/mol. The van der Waals surface area contributed by atoms with Gasteiger partial charge < -0.3 is 20.4 Å². The van der Waals surface area contributed by atoms with Gasteiger partial charge in [-0.05, 0) is 37.5 Å². The summed E-state index contributed by atoms with van der Waals surface area (Å²) in [5.74, 6) is -0.477. The molecule has 0 saturated heterocycles. The van der Waals surface area contributed by atoms with E-state index in [1.807, 2.05) is 0 Å². The molecule has 0 radical (unpaired) electrons. The average Bonchev–Trinajstić information content (AvgIpc) is 3.10. The van der Waals surface area contributed by atoms with Crippen LogP contribution in [0.15, 0.2) is 0 Å². The highest BCUT2D eigenvalue weighted by Crippen LogP contribution is 2.56. The predicted molar refractivity (Wildman–Crippen MR) is 213 cm³/mol. The maximum Gasteiger partial charge on any atom is 0.310 e. The maximum atomic E-state index is 13.4. The Labute approximate surface area is 307 Å². The van der Waals surface area contributed by atoms with E-state index >= 15 is 0 Å². The molecule has 0 fully saturated rings. The van der Waals surface area contributed by atoms with Crippen molar-refractivity contribution in [2.75, 3.05) is 13.2 Å². The lowest BCUT2D eigenvalue weighted by molar-refractivity contribution is -0.163. The number of carbonyl (C=O) groups is 1. The first-order valence-electron chi connectivity index (χ1n) is 21.9. The van der Waals surface area contributed by atoms with Crippen LogP contribution in [0.25, 0.3) is 0 Å². The number of hydrogen-bond acceptors (Lipinski definition) is 4. The van der Waals surface area contributed by atoms with E-state index in [4.69, 9.17) is 15.3 Å². The van der Waals surface area contributed by atoms with Crippen LogP contribution in [0.5, 0.6) is 0 Å². The Morgan fingerprint density at radius 2 is 0.714 bits per heavy atom. The van der Waals surface area contributed by atoms with Crippen molar-refractivity contribution in [3.63, 3.8) is 0 Å². The Balaban J connectivity index is 0. The number of carboxylic acid groups (broad SMARTS) is 1. The van der Waals surface area contributed by atoms with Gasteiger partial charge in [-0.25, -0.2) is 0 Å². The largest absolute Gasteiger partial charge is 0.481 e. The third kappa shape index (κ3) is 25.9. The molecule has 0 aliphatic rings. The Morgan fingerprint density at radius 3 is 0.939 bits per heavy atom. The molecule has 0 aromatic carbocycles. The smallest absolute Gasteiger partial charge is 0.310 e. The standard InChI is InChI=1S/C41H82O2.C3H8O3/c1-6-11-14-17-20-23-26-29-32-36-40(35-9-4,37-33-30-27-24-21-18-15-12-7-2)41(10-5,39(42)43)38-34-31-28-25-22-19-16-13-8-3;4-1-3(6)2-5/h6-38H2,1-5H3,(H,42,43);3-6H,1-2H2. The van der Waals surface area contributed by atoms with Gasteiger partial charge >= 0.3 is 5.97 Å². The summed E-state index contributed by atoms with van der Waals surface area (Å²) in [5.41, 5.74) is -0.588. The van der Waals surface area contributed by atoms with Gasteiger partial charge in [-0.15, -0.1) is 0 Å². The zero-order valence-electron chi connectivity index (χ0n) is 34.0. The van der Waals surface area contributed by atoms with Crippen LogP contribution in [-0.4, -0.2) is 45.7 Å². The van der Waals surface area contributed by atoms with Crippen LogP contribution in [0.4, 0.5) is 0 Å². The van der Waals surface area contributed by atoms with E-state index in [1.165, 1.54) is 167 Å². The molecule has 4 N–H and O–H groups in total. The first-order valence-corrected chi connectivity index (χ1v) is 21.9. The summed E-state index contributed by atoms with van der Waals surface area (Å²) in [6.45, 7) is 10.7. The molecular formula is C44H90O5. The number of aliphatic carboxylic acids is 1. The number of carboxylic acids is 1. The summed E-state index contributed by atoms with van der Waals surface area (Å²) >= 11 is 0. The summed E-state index contributed by atoms with van der Waals surface area (Å²) in [6.07, 6.45) is 41.0. The molecule has 0 aliphatic carbocycles. The Kier molecular flexibility index (Phi) is 38.2. The van der Waals surface area contributed by atoms with Gasteiger partial charge in [0.2, 0.25) is 0 Å². The molecule has 0 saturated carbocycles. The van der Waals surface area contributed by atoms with E-state index in [0.717, 1.165) is 44.9 Å². The molecule has 1 atom stereocenters. The fourth-order valence-corrected chi connectivity index (χ4v) is 8.22. The van der Waals surface area contributed by atoms with Crippen LogP contribution in [0.3, 0.4) is 0 Å². The van der Waals surface area contributed by atoms with E-state index in [-0.39, 0.29) is 18.6 Å². The lowest BCUT2D eigenvalue weighted by Gasteiger charge is -2.49. The zero-order valence-corrected chi connectivity index (χ0v) is 34.0. The minimum atomic E-state index is -0.954. The molecule has 0 aromatic heterocycles. The topological polar surface area (TPSA) is 98.0 Å². The number of rotatable bonds is 37. The van der Waals surface area contributed by atoms with Crippen molar-refractivity contribution in [1.82, 2.24) is 0 Å². The second-order valence-electron chi connectivity index (χ2n) is 15.5. The summed E-state index contributed by atoms with van der Waals surface area (Å²) in [7, 11) is 0. The van der Waals surface area contributed by atoms with Gasteiger partial charge in [0.15, 0.2) is 0 Å². The molecule has 5 nitrogen and oxygen atoms in total. The summed E-state index contributed by atoms with van der Waals surface area (Å²) in [6, 6.07) is 0. The Hall–Kier alpha value is -0.650. The quantitative estimate of drug-likeness (QED) is 0.0484. The summed E-state index contributed by atoms with van der Waals surface area (Å²) in [4.78, 5) is 13.4. The van der Waals surface area contributed by atoms with Crippen LogP contribution >= 0.6 is 0 Å². The number of unbranched alkanes of at least 4 members (excludes halogenated alkanes) is 24. The van der Waals surface area contributed by atoms with Crippen molar-refractivity contribution in [2.45, 2.75) is 253 Å². The summed E-state index contributed by atoms with van der Waals surface area (Å²) in [5, 5.41) is 35.0. The van der Waals surface area contributed by atoms with Crippen LogP contribution in [0, 0.1) is 10.8 Å². The molecule has 0 amide bonds. The van der Waals surface area contributed by atoms with Crippen molar-refractivity contribution in [1.29, 1.82) is 0 Å². The minimum absolute atomic E-state index is 0.0370. The second kappa shape index (κ2) is 37.1. The molecule has 0 spiro atoms. The fraction of sp³-hybridized carbons (Fsp3) is 0.977. The van der Waals surface area contributed by atoms with E-state index in [2.05, 4.69) is 34.6 Å². The first-order chi connectivity index (χ1) is 23.8. The van der Waals surface area contributed by atoms with E-state index < -0.39 is 17.5 Å². The molecule has 0 aromatic rings. The SMILES string of the molecule is CCCCCCCCCCCC(CCC)(CCCCCCCCCCC)C(CC)(CCCCCCCCCCC)C(=O)O.OCC(O)CO. The van der Waals surface area contributed by atoms with Crippen LogP contribution in [0.2, 0.25) is 0 Å². The maximum absolute atomic E-state index is 13.4. The minimum Gasteiger partial charge on any atom is -0.481 e. The van der Waals surface area contributed by atoms with Gasteiger partial charge in [-0.2, -0.15) is 0 Å². The predicted octanol–water partition coefficient (Wildman–Crippen LogP) is 13.3. The van der Waals surface area contributed by atoms with Gasteiger partial charge in [0.25, 0.3) is 0 Å². The van der Waals surface area contributed by atoms with Gasteiger partial charge in [-0.3, -0.25) is 4.79 Å². The Bertz CT molecular complexity index is 642. The third-order valence-corrected chi connectivity index (χ3v) is 11.4. The molecule has 0 bridgehead atoms. The van der Waals surface area contributed by atoms with Crippen molar-refractivity contribution in [3.8, 4) is 0 Å². The molecule has 49 heavy (non-hydrogen) atoms. The number of aliphatic hydroxyl groups excluding tert-OH is 3. The molecule has 1 unspecified atom stereocenters. The lowest BCUT2D eigenvalue weighted by atomic mass is 9.54.